The molecule has 0 bridgehead atoms. The zero-order valence-corrected chi connectivity index (χ0v) is 10.8. The first kappa shape index (κ1) is 12.2. The maximum absolute atomic E-state index is 11.0. The van der Waals surface area contributed by atoms with Crippen LogP contribution in [-0.2, 0) is 17.6 Å². The van der Waals surface area contributed by atoms with Crippen LogP contribution in [0.15, 0.2) is 12.1 Å². The van der Waals surface area contributed by atoms with Crippen molar-refractivity contribution in [1.29, 1.82) is 0 Å². The van der Waals surface area contributed by atoms with Gasteiger partial charge in [0.2, 0.25) is 0 Å². The molecule has 0 saturated carbocycles. The molecular weight excluding hydrogens is 212 g/mol. The van der Waals surface area contributed by atoms with Crippen LogP contribution in [0.3, 0.4) is 0 Å². The van der Waals surface area contributed by atoms with E-state index in [2.05, 4.69) is 32.9 Å². The fourth-order valence-corrected chi connectivity index (χ4v) is 2.96. The highest BCUT2D eigenvalue weighted by Gasteiger charge is 2.37. The molecule has 2 nitrogen and oxygen atoms in total. The third-order valence-electron chi connectivity index (χ3n) is 4.22. The Morgan fingerprint density at radius 3 is 2.06 bits per heavy atom. The van der Waals surface area contributed by atoms with E-state index in [4.69, 9.17) is 5.11 Å². The second kappa shape index (κ2) is 4.17. The smallest absolute Gasteiger partial charge is 0.303 e. The highest BCUT2D eigenvalue weighted by atomic mass is 16.4. The maximum Gasteiger partial charge on any atom is 0.303 e. The van der Waals surface area contributed by atoms with Crippen LogP contribution < -0.4 is 0 Å². The Balaban J connectivity index is 2.33. The summed E-state index contributed by atoms with van der Waals surface area (Å²) in [5, 5.41) is 9.06. The zero-order chi connectivity index (χ0) is 12.6. The zero-order valence-electron chi connectivity index (χ0n) is 10.8. The molecule has 0 aliphatic heterocycles. The predicted molar refractivity (Wildman–Crippen MR) is 68.3 cm³/mol. The van der Waals surface area contributed by atoms with E-state index in [1.165, 1.54) is 22.3 Å². The SMILES string of the molecule is CCC1(CC(=O)O)Cc2cc(C)c(C)cc2C1. The van der Waals surface area contributed by atoms with E-state index >= 15 is 0 Å². The van der Waals surface area contributed by atoms with Gasteiger partial charge in [0, 0.05) is 0 Å². The Labute approximate surface area is 103 Å². The summed E-state index contributed by atoms with van der Waals surface area (Å²) in [6.07, 6.45) is 3.07. The summed E-state index contributed by atoms with van der Waals surface area (Å²) in [5.74, 6) is -0.673. The minimum atomic E-state index is -0.673. The van der Waals surface area contributed by atoms with Crippen molar-refractivity contribution in [3.05, 3.63) is 34.4 Å². The monoisotopic (exact) mass is 232 g/mol. The molecule has 0 saturated heterocycles. The lowest BCUT2D eigenvalue weighted by Gasteiger charge is -2.25. The lowest BCUT2D eigenvalue weighted by Crippen LogP contribution is -2.24. The molecule has 0 amide bonds. The van der Waals surface area contributed by atoms with Gasteiger partial charge in [0.1, 0.15) is 0 Å². The number of carbonyl (C=O) groups is 1. The Hall–Kier alpha value is -1.31. The number of benzene rings is 1. The fourth-order valence-electron chi connectivity index (χ4n) is 2.96. The van der Waals surface area contributed by atoms with Gasteiger partial charge < -0.3 is 5.11 Å². The van der Waals surface area contributed by atoms with Crippen molar-refractivity contribution < 1.29 is 9.90 Å². The van der Waals surface area contributed by atoms with Crippen LogP contribution in [0.25, 0.3) is 0 Å². The van der Waals surface area contributed by atoms with E-state index in [1.807, 2.05) is 0 Å². The van der Waals surface area contributed by atoms with Gasteiger partial charge in [0.05, 0.1) is 6.42 Å². The number of carboxylic acid groups (broad SMARTS) is 1. The van der Waals surface area contributed by atoms with Gasteiger partial charge in [0.25, 0.3) is 0 Å². The summed E-state index contributed by atoms with van der Waals surface area (Å²) in [6.45, 7) is 6.35. The quantitative estimate of drug-likeness (QED) is 0.868. The number of fused-ring (bicyclic) bond motifs is 1. The second-order valence-corrected chi connectivity index (χ2v) is 5.48. The van der Waals surface area contributed by atoms with Crippen molar-refractivity contribution in [3.63, 3.8) is 0 Å². The molecule has 17 heavy (non-hydrogen) atoms. The molecule has 1 aromatic carbocycles. The van der Waals surface area contributed by atoms with Crippen LogP contribution in [0.4, 0.5) is 0 Å². The molecule has 1 aliphatic carbocycles. The van der Waals surface area contributed by atoms with Gasteiger partial charge in [0.15, 0.2) is 0 Å². The standard InChI is InChI=1S/C15H20O2/c1-4-15(9-14(16)17)7-12-5-10(2)11(3)6-13(12)8-15/h5-6H,4,7-9H2,1-3H3,(H,16,17). The molecule has 0 unspecified atom stereocenters. The second-order valence-electron chi connectivity index (χ2n) is 5.48. The molecule has 92 valence electrons. The molecule has 1 aliphatic rings. The summed E-state index contributed by atoms with van der Waals surface area (Å²) < 4.78 is 0. The van der Waals surface area contributed by atoms with Crippen LogP contribution in [0, 0.1) is 19.3 Å². The van der Waals surface area contributed by atoms with E-state index in [-0.39, 0.29) is 11.8 Å². The molecule has 0 atom stereocenters. The van der Waals surface area contributed by atoms with Gasteiger partial charge in [-0.25, -0.2) is 0 Å². The number of hydrogen-bond donors (Lipinski definition) is 1. The highest BCUT2D eigenvalue weighted by Crippen LogP contribution is 2.43. The van der Waals surface area contributed by atoms with Gasteiger partial charge >= 0.3 is 5.97 Å². The van der Waals surface area contributed by atoms with Crippen molar-refractivity contribution in [3.8, 4) is 0 Å². The molecule has 1 aromatic rings. The first-order chi connectivity index (χ1) is 7.96. The average molecular weight is 232 g/mol. The topological polar surface area (TPSA) is 37.3 Å². The normalized spacial score (nSPS) is 16.9. The molecular formula is C15H20O2. The summed E-state index contributed by atoms with van der Waals surface area (Å²) >= 11 is 0. The molecule has 0 aromatic heterocycles. The van der Waals surface area contributed by atoms with Crippen molar-refractivity contribution >= 4 is 5.97 Å². The van der Waals surface area contributed by atoms with Crippen molar-refractivity contribution in [2.75, 3.05) is 0 Å². The molecule has 2 rings (SSSR count). The average Bonchev–Trinajstić information content (AvgIpc) is 2.56. The van der Waals surface area contributed by atoms with Crippen LogP contribution in [0.2, 0.25) is 0 Å². The van der Waals surface area contributed by atoms with E-state index in [0.29, 0.717) is 0 Å². The Kier molecular flexibility index (Phi) is 2.98. The van der Waals surface area contributed by atoms with Gasteiger partial charge in [-0.3, -0.25) is 4.79 Å². The lowest BCUT2D eigenvalue weighted by molar-refractivity contribution is -0.139. The molecule has 0 fully saturated rings. The van der Waals surface area contributed by atoms with Crippen LogP contribution in [0.5, 0.6) is 0 Å². The summed E-state index contributed by atoms with van der Waals surface area (Å²) in [6, 6.07) is 4.48. The Bertz CT molecular complexity index is 429. The van der Waals surface area contributed by atoms with Crippen LogP contribution in [-0.4, -0.2) is 11.1 Å². The molecule has 0 radical (unpaired) electrons. The summed E-state index contributed by atoms with van der Waals surface area (Å²) in [5.41, 5.74) is 5.29. The van der Waals surface area contributed by atoms with Gasteiger partial charge in [-0.15, -0.1) is 0 Å². The molecule has 1 N–H and O–H groups in total. The number of rotatable bonds is 3. The van der Waals surface area contributed by atoms with Gasteiger partial charge in [-0.1, -0.05) is 19.1 Å². The predicted octanol–water partition coefficient (Wildman–Crippen LogP) is 3.27. The minimum Gasteiger partial charge on any atom is -0.481 e. The lowest BCUT2D eigenvalue weighted by atomic mass is 9.79. The number of carboxylic acids is 1. The molecule has 2 heteroatoms. The Morgan fingerprint density at radius 2 is 1.71 bits per heavy atom. The van der Waals surface area contributed by atoms with E-state index in [0.717, 1.165) is 19.3 Å². The summed E-state index contributed by atoms with van der Waals surface area (Å²) in [7, 11) is 0. The maximum atomic E-state index is 11.0. The van der Waals surface area contributed by atoms with Crippen molar-refractivity contribution in [1.82, 2.24) is 0 Å². The summed E-state index contributed by atoms with van der Waals surface area (Å²) in [4.78, 5) is 11.0. The van der Waals surface area contributed by atoms with Crippen LogP contribution >= 0.6 is 0 Å². The fraction of sp³-hybridized carbons (Fsp3) is 0.533. The number of aryl methyl sites for hydroxylation is 2. The van der Waals surface area contributed by atoms with Crippen molar-refractivity contribution in [2.45, 2.75) is 46.5 Å². The highest BCUT2D eigenvalue weighted by molar-refractivity contribution is 5.68. The third-order valence-corrected chi connectivity index (χ3v) is 4.22. The third kappa shape index (κ3) is 2.21. The minimum absolute atomic E-state index is 0.0472. The Morgan fingerprint density at radius 1 is 1.24 bits per heavy atom. The molecule has 0 spiro atoms. The van der Waals surface area contributed by atoms with E-state index in [1.54, 1.807) is 0 Å². The van der Waals surface area contributed by atoms with Crippen molar-refractivity contribution in [2.24, 2.45) is 5.41 Å². The first-order valence-corrected chi connectivity index (χ1v) is 6.26. The molecule has 0 heterocycles. The first-order valence-electron chi connectivity index (χ1n) is 6.26. The van der Waals surface area contributed by atoms with Gasteiger partial charge in [-0.05, 0) is 60.8 Å². The van der Waals surface area contributed by atoms with Crippen LogP contribution in [0.1, 0.15) is 42.0 Å². The van der Waals surface area contributed by atoms with Gasteiger partial charge in [-0.2, -0.15) is 0 Å². The van der Waals surface area contributed by atoms with E-state index in [9.17, 15) is 4.79 Å². The number of aliphatic carboxylic acids is 1. The largest absolute Gasteiger partial charge is 0.481 e. The van der Waals surface area contributed by atoms with E-state index < -0.39 is 5.97 Å². The number of hydrogen-bond acceptors (Lipinski definition) is 1.